The van der Waals surface area contributed by atoms with Crippen LogP contribution in [0.2, 0.25) is 0 Å². The zero-order valence-corrected chi connectivity index (χ0v) is 16.5. The summed E-state index contributed by atoms with van der Waals surface area (Å²) in [5.41, 5.74) is 2.89. The van der Waals surface area contributed by atoms with Gasteiger partial charge < -0.3 is 10.1 Å². The Morgan fingerprint density at radius 1 is 0.967 bits per heavy atom. The molecule has 0 spiro atoms. The monoisotopic (exact) mass is 399 g/mol. The molecule has 1 heterocycles. The number of fused-ring (bicyclic) bond motifs is 1. The van der Waals surface area contributed by atoms with Crippen molar-refractivity contribution in [3.63, 3.8) is 0 Å². The lowest BCUT2D eigenvalue weighted by Crippen LogP contribution is -2.22. The Labute approximate surface area is 173 Å². The Morgan fingerprint density at radius 2 is 1.67 bits per heavy atom. The van der Waals surface area contributed by atoms with E-state index in [9.17, 15) is 9.59 Å². The van der Waals surface area contributed by atoms with Crippen LogP contribution in [-0.4, -0.2) is 22.1 Å². The molecule has 30 heavy (non-hydrogen) atoms. The zero-order valence-electron chi connectivity index (χ0n) is 16.5. The smallest absolute Gasteiger partial charge is 0.265 e. The number of anilines is 1. The fourth-order valence-electron chi connectivity index (χ4n) is 3.27. The number of hydrogen-bond acceptors (Lipinski definition) is 4. The number of rotatable bonds is 6. The highest BCUT2D eigenvalue weighted by Crippen LogP contribution is 2.15. The van der Waals surface area contributed by atoms with Crippen molar-refractivity contribution < 1.29 is 9.53 Å². The first-order valence-electron chi connectivity index (χ1n) is 9.62. The van der Waals surface area contributed by atoms with Crippen LogP contribution in [-0.2, 0) is 16.1 Å². The van der Waals surface area contributed by atoms with Gasteiger partial charge in [-0.1, -0.05) is 42.5 Å². The molecule has 0 saturated heterocycles. The molecule has 4 aromatic rings. The van der Waals surface area contributed by atoms with E-state index in [1.165, 1.54) is 0 Å². The van der Waals surface area contributed by atoms with Gasteiger partial charge in [0.25, 0.3) is 5.56 Å². The van der Waals surface area contributed by atoms with Crippen LogP contribution in [0.15, 0.2) is 83.7 Å². The summed E-state index contributed by atoms with van der Waals surface area (Å²) in [6.07, 6.45) is 0. The minimum Gasteiger partial charge on any atom is -0.367 e. The second kappa shape index (κ2) is 8.71. The normalized spacial score (nSPS) is 10.8. The van der Waals surface area contributed by atoms with Gasteiger partial charge >= 0.3 is 0 Å². The Kier molecular flexibility index (Phi) is 5.68. The van der Waals surface area contributed by atoms with E-state index < -0.39 is 0 Å². The van der Waals surface area contributed by atoms with Crippen LogP contribution in [0.3, 0.4) is 0 Å². The maximum Gasteiger partial charge on any atom is 0.265 e. The van der Waals surface area contributed by atoms with Crippen LogP contribution in [0.25, 0.3) is 16.6 Å². The minimum absolute atomic E-state index is 0.0379. The first-order chi connectivity index (χ1) is 14.6. The average molecular weight is 399 g/mol. The lowest BCUT2D eigenvalue weighted by Gasteiger charge is -2.12. The second-order valence-corrected chi connectivity index (χ2v) is 6.89. The number of nitrogens with zero attached hydrogens (tertiary/aromatic N) is 2. The van der Waals surface area contributed by atoms with Crippen molar-refractivity contribution in [3.8, 4) is 5.69 Å². The van der Waals surface area contributed by atoms with Crippen LogP contribution in [0.4, 0.5) is 5.69 Å². The van der Waals surface area contributed by atoms with Crippen LogP contribution in [0.1, 0.15) is 11.4 Å². The highest BCUT2D eigenvalue weighted by molar-refractivity contribution is 5.91. The molecule has 150 valence electrons. The van der Waals surface area contributed by atoms with Gasteiger partial charge in [-0.3, -0.25) is 14.2 Å². The van der Waals surface area contributed by atoms with Crippen LogP contribution in [0, 0.1) is 6.92 Å². The Balaban J connectivity index is 1.44. The number of aromatic nitrogens is 2. The third-order valence-electron chi connectivity index (χ3n) is 4.70. The lowest BCUT2D eigenvalue weighted by atomic mass is 10.2. The number of benzene rings is 3. The highest BCUT2D eigenvalue weighted by atomic mass is 16.5. The van der Waals surface area contributed by atoms with Gasteiger partial charge in [0, 0.05) is 5.69 Å². The fourth-order valence-corrected chi connectivity index (χ4v) is 3.27. The summed E-state index contributed by atoms with van der Waals surface area (Å²) in [7, 11) is 0. The lowest BCUT2D eigenvalue weighted by molar-refractivity contribution is -0.121. The van der Waals surface area contributed by atoms with Crippen molar-refractivity contribution in [2.45, 2.75) is 13.5 Å². The summed E-state index contributed by atoms with van der Waals surface area (Å²) in [6, 6.07) is 24.0. The molecule has 0 radical (unpaired) electrons. The van der Waals surface area contributed by atoms with E-state index in [0.717, 1.165) is 5.56 Å². The fraction of sp³-hybridized carbons (Fsp3) is 0.125. The molecule has 0 aliphatic heterocycles. The summed E-state index contributed by atoms with van der Waals surface area (Å²) in [6.45, 7) is 2.14. The number of para-hydroxylation sites is 1. The largest absolute Gasteiger partial charge is 0.367 e. The molecule has 3 aromatic carbocycles. The Hall–Kier alpha value is -3.77. The maximum absolute atomic E-state index is 12.9. The quantitative estimate of drug-likeness (QED) is 0.535. The van der Waals surface area contributed by atoms with E-state index in [1.807, 2.05) is 48.5 Å². The molecule has 6 nitrogen and oxygen atoms in total. The maximum atomic E-state index is 12.9. The van der Waals surface area contributed by atoms with E-state index in [0.29, 0.717) is 34.7 Å². The third kappa shape index (κ3) is 4.29. The van der Waals surface area contributed by atoms with Gasteiger partial charge in [-0.25, -0.2) is 4.98 Å². The van der Waals surface area contributed by atoms with Gasteiger partial charge in [0.2, 0.25) is 5.91 Å². The van der Waals surface area contributed by atoms with E-state index in [2.05, 4.69) is 10.3 Å². The molecule has 0 unspecified atom stereocenters. The first-order valence-corrected chi connectivity index (χ1v) is 9.62. The zero-order chi connectivity index (χ0) is 20.9. The number of ether oxygens (including phenoxy) is 1. The van der Waals surface area contributed by atoms with Gasteiger partial charge in [-0.05, 0) is 48.9 Å². The number of hydrogen-bond donors (Lipinski definition) is 1. The minimum atomic E-state index is -0.237. The third-order valence-corrected chi connectivity index (χ3v) is 4.70. The highest BCUT2D eigenvalue weighted by Gasteiger charge is 2.10. The summed E-state index contributed by atoms with van der Waals surface area (Å²) in [5.74, 6) is 0.365. The summed E-state index contributed by atoms with van der Waals surface area (Å²) in [5, 5.41) is 3.36. The molecule has 0 saturated carbocycles. The van der Waals surface area contributed by atoms with Crippen molar-refractivity contribution in [2.24, 2.45) is 0 Å². The number of carbonyl (C=O) groups is 1. The molecule has 1 amide bonds. The number of amides is 1. The van der Waals surface area contributed by atoms with Gasteiger partial charge in [0.1, 0.15) is 12.4 Å². The van der Waals surface area contributed by atoms with Gasteiger partial charge in [-0.15, -0.1) is 0 Å². The summed E-state index contributed by atoms with van der Waals surface area (Å²) >= 11 is 0. The average Bonchev–Trinajstić information content (AvgIpc) is 2.76. The van der Waals surface area contributed by atoms with Gasteiger partial charge in [0.15, 0.2) is 0 Å². The van der Waals surface area contributed by atoms with Gasteiger partial charge in [-0.2, -0.15) is 0 Å². The topological polar surface area (TPSA) is 73.2 Å². The van der Waals surface area contributed by atoms with Crippen molar-refractivity contribution in [1.29, 1.82) is 0 Å². The molecule has 6 heteroatoms. The standard InChI is InChI=1S/C24H21N3O3/c1-17-25-22-10-6-5-9-21(22)24(29)27(17)20-13-11-19(12-14-20)26-23(28)16-30-15-18-7-3-2-4-8-18/h2-14H,15-16H2,1H3,(H,26,28). The molecule has 1 aromatic heterocycles. The number of nitrogens with one attached hydrogen (secondary N) is 1. The van der Waals surface area contributed by atoms with E-state index >= 15 is 0 Å². The van der Waals surface area contributed by atoms with E-state index in [4.69, 9.17) is 4.74 Å². The molecular weight excluding hydrogens is 378 g/mol. The van der Waals surface area contributed by atoms with E-state index in [-0.39, 0.29) is 18.1 Å². The van der Waals surface area contributed by atoms with E-state index in [1.54, 1.807) is 41.8 Å². The molecule has 1 N–H and O–H groups in total. The summed E-state index contributed by atoms with van der Waals surface area (Å²) < 4.78 is 7.02. The Morgan fingerprint density at radius 3 is 2.43 bits per heavy atom. The molecule has 0 aliphatic rings. The van der Waals surface area contributed by atoms with Crippen LogP contribution >= 0.6 is 0 Å². The molecule has 0 fully saturated rings. The number of carbonyl (C=O) groups excluding carboxylic acids is 1. The second-order valence-electron chi connectivity index (χ2n) is 6.89. The first kappa shape index (κ1) is 19.5. The Bertz CT molecular complexity index is 1230. The summed E-state index contributed by atoms with van der Waals surface area (Å²) in [4.78, 5) is 29.5. The van der Waals surface area contributed by atoms with Crippen molar-refractivity contribution in [2.75, 3.05) is 11.9 Å². The van der Waals surface area contributed by atoms with Crippen LogP contribution in [0.5, 0.6) is 0 Å². The molecule has 4 rings (SSSR count). The SMILES string of the molecule is Cc1nc2ccccc2c(=O)n1-c1ccc(NC(=O)COCc2ccccc2)cc1. The molecule has 0 bridgehead atoms. The molecule has 0 aliphatic carbocycles. The van der Waals surface area contributed by atoms with Crippen molar-refractivity contribution in [1.82, 2.24) is 9.55 Å². The van der Waals surface area contributed by atoms with Gasteiger partial charge in [0.05, 0.1) is 23.2 Å². The predicted molar refractivity (Wildman–Crippen MR) is 117 cm³/mol. The van der Waals surface area contributed by atoms with Crippen molar-refractivity contribution >= 4 is 22.5 Å². The van der Waals surface area contributed by atoms with Crippen molar-refractivity contribution in [3.05, 3.63) is 101 Å². The predicted octanol–water partition coefficient (Wildman–Crippen LogP) is 3.85. The number of aryl methyl sites for hydroxylation is 1. The molecule has 0 atom stereocenters. The molecular formula is C24H21N3O3. The van der Waals surface area contributed by atoms with Crippen LogP contribution < -0.4 is 10.9 Å².